The van der Waals surface area contributed by atoms with E-state index in [-0.39, 0.29) is 18.4 Å². The SMILES string of the molecule is CCC(C)C.O=C(O)C[C@@H]1CCN(CCC2CCOCC2)C(c2ccc(C(F)(F)F)cc2)C1. The lowest BCUT2D eigenvalue weighted by Gasteiger charge is -2.40. The standard InChI is InChI=1S/C21H28F3NO3.C5H12/c22-21(23,24)18-3-1-17(2-4-18)19-13-16(14-20(26)27)6-10-25(19)9-5-15-7-11-28-12-8-15;1-4-5(2)3/h1-4,15-16,19H,5-14H2,(H,26,27);5H,4H2,1-3H3/t16-,19?;/m1./s1. The summed E-state index contributed by atoms with van der Waals surface area (Å²) in [5.41, 5.74) is 0.193. The van der Waals surface area contributed by atoms with E-state index in [0.717, 1.165) is 75.6 Å². The van der Waals surface area contributed by atoms with E-state index in [1.54, 1.807) is 12.1 Å². The minimum Gasteiger partial charge on any atom is -0.481 e. The third-order valence-electron chi connectivity index (χ3n) is 6.89. The van der Waals surface area contributed by atoms with Crippen molar-refractivity contribution < 1.29 is 27.8 Å². The number of hydrogen-bond donors (Lipinski definition) is 1. The number of nitrogens with zero attached hydrogens (tertiary/aromatic N) is 1. The highest BCUT2D eigenvalue weighted by Gasteiger charge is 2.33. The van der Waals surface area contributed by atoms with Gasteiger partial charge in [0.05, 0.1) is 5.56 Å². The van der Waals surface area contributed by atoms with Crippen molar-refractivity contribution in [2.45, 2.75) is 77.9 Å². The van der Waals surface area contributed by atoms with Crippen molar-refractivity contribution in [1.29, 1.82) is 0 Å². The van der Waals surface area contributed by atoms with Crippen LogP contribution in [0.2, 0.25) is 0 Å². The van der Waals surface area contributed by atoms with Crippen LogP contribution in [-0.4, -0.2) is 42.3 Å². The van der Waals surface area contributed by atoms with Crippen LogP contribution in [0.5, 0.6) is 0 Å². The molecular weight excluding hydrogens is 431 g/mol. The fourth-order valence-corrected chi connectivity index (χ4v) is 4.41. The highest BCUT2D eigenvalue weighted by atomic mass is 19.4. The molecule has 33 heavy (non-hydrogen) atoms. The molecule has 1 N–H and O–H groups in total. The summed E-state index contributed by atoms with van der Waals surface area (Å²) in [6.45, 7) is 9.91. The largest absolute Gasteiger partial charge is 0.481 e. The number of carbonyl (C=O) groups is 1. The van der Waals surface area contributed by atoms with Gasteiger partial charge in [0.1, 0.15) is 0 Å². The van der Waals surface area contributed by atoms with Crippen LogP contribution < -0.4 is 0 Å². The number of alkyl halides is 3. The third-order valence-corrected chi connectivity index (χ3v) is 6.89. The minimum atomic E-state index is -4.35. The number of likely N-dealkylation sites (tertiary alicyclic amines) is 1. The molecule has 0 radical (unpaired) electrons. The number of aliphatic carboxylic acids is 1. The summed E-state index contributed by atoms with van der Waals surface area (Å²) in [6.07, 6.45) is 1.72. The second-order valence-corrected chi connectivity index (χ2v) is 9.81. The number of benzene rings is 1. The highest BCUT2D eigenvalue weighted by Crippen LogP contribution is 2.38. The molecule has 1 unspecified atom stereocenters. The first-order valence-corrected chi connectivity index (χ1v) is 12.3. The van der Waals surface area contributed by atoms with Crippen molar-refractivity contribution in [2.75, 3.05) is 26.3 Å². The first kappa shape index (κ1) is 27.6. The fourth-order valence-electron chi connectivity index (χ4n) is 4.41. The molecule has 1 aromatic carbocycles. The maximum atomic E-state index is 12.9. The van der Waals surface area contributed by atoms with Crippen LogP contribution in [0.25, 0.3) is 0 Å². The van der Waals surface area contributed by atoms with Crippen molar-refractivity contribution >= 4 is 5.97 Å². The molecule has 2 saturated heterocycles. The van der Waals surface area contributed by atoms with Crippen molar-refractivity contribution in [3.63, 3.8) is 0 Å². The van der Waals surface area contributed by atoms with Crippen LogP contribution in [-0.2, 0) is 15.7 Å². The Labute approximate surface area is 196 Å². The maximum absolute atomic E-state index is 12.9. The molecule has 0 amide bonds. The fraction of sp³-hybridized carbons (Fsp3) is 0.731. The second kappa shape index (κ2) is 13.3. The summed E-state index contributed by atoms with van der Waals surface area (Å²) >= 11 is 0. The van der Waals surface area contributed by atoms with Gasteiger partial charge in [0.25, 0.3) is 0 Å². The number of hydrogen-bond acceptors (Lipinski definition) is 3. The molecule has 4 nitrogen and oxygen atoms in total. The second-order valence-electron chi connectivity index (χ2n) is 9.81. The van der Waals surface area contributed by atoms with Gasteiger partial charge in [0.15, 0.2) is 0 Å². The van der Waals surface area contributed by atoms with E-state index < -0.39 is 17.7 Å². The van der Waals surface area contributed by atoms with Gasteiger partial charge in [-0.15, -0.1) is 0 Å². The predicted molar refractivity (Wildman–Crippen MR) is 124 cm³/mol. The smallest absolute Gasteiger partial charge is 0.416 e. The molecule has 0 spiro atoms. The Balaban J connectivity index is 0.000000696. The summed E-state index contributed by atoms with van der Waals surface area (Å²) in [5, 5.41) is 9.14. The Hall–Kier alpha value is -1.60. The van der Waals surface area contributed by atoms with Crippen LogP contribution in [0.15, 0.2) is 24.3 Å². The summed E-state index contributed by atoms with van der Waals surface area (Å²) in [4.78, 5) is 13.5. The minimum absolute atomic E-state index is 0.0276. The number of rotatable bonds is 7. The predicted octanol–water partition coefficient (Wildman–Crippen LogP) is 6.80. The molecule has 2 fully saturated rings. The molecule has 0 aromatic heterocycles. The molecule has 2 atom stereocenters. The average molecular weight is 472 g/mol. The molecule has 7 heteroatoms. The lowest BCUT2D eigenvalue weighted by atomic mass is 9.84. The molecule has 1 aromatic rings. The highest BCUT2D eigenvalue weighted by molar-refractivity contribution is 5.67. The summed E-state index contributed by atoms with van der Waals surface area (Å²) in [7, 11) is 0. The van der Waals surface area contributed by atoms with Crippen molar-refractivity contribution in [1.82, 2.24) is 4.90 Å². The van der Waals surface area contributed by atoms with E-state index in [0.29, 0.717) is 12.3 Å². The van der Waals surface area contributed by atoms with Crippen LogP contribution >= 0.6 is 0 Å². The monoisotopic (exact) mass is 471 g/mol. The molecule has 3 rings (SSSR count). The molecule has 2 aliphatic heterocycles. The normalized spacial score (nSPS) is 22.6. The van der Waals surface area contributed by atoms with Crippen molar-refractivity contribution in [3.8, 4) is 0 Å². The van der Waals surface area contributed by atoms with Gasteiger partial charge in [-0.1, -0.05) is 39.3 Å². The summed E-state index contributed by atoms with van der Waals surface area (Å²) < 4.78 is 44.1. The van der Waals surface area contributed by atoms with E-state index >= 15 is 0 Å². The first-order chi connectivity index (χ1) is 15.6. The van der Waals surface area contributed by atoms with Gasteiger partial charge in [0.2, 0.25) is 0 Å². The average Bonchev–Trinajstić information content (AvgIpc) is 2.78. The zero-order valence-corrected chi connectivity index (χ0v) is 20.2. The molecular formula is C26H40F3NO3. The molecule has 0 bridgehead atoms. The van der Waals surface area contributed by atoms with Gasteiger partial charge in [-0.25, -0.2) is 0 Å². The van der Waals surface area contributed by atoms with E-state index in [4.69, 9.17) is 9.84 Å². The number of piperidine rings is 1. The van der Waals surface area contributed by atoms with Crippen LogP contribution in [0.3, 0.4) is 0 Å². The van der Waals surface area contributed by atoms with Crippen LogP contribution in [0.4, 0.5) is 13.2 Å². The van der Waals surface area contributed by atoms with Gasteiger partial charge in [-0.3, -0.25) is 9.69 Å². The zero-order valence-electron chi connectivity index (χ0n) is 20.2. The van der Waals surface area contributed by atoms with Crippen LogP contribution in [0.1, 0.15) is 82.9 Å². The summed E-state index contributed by atoms with van der Waals surface area (Å²) in [6, 6.07) is 5.34. The van der Waals surface area contributed by atoms with Crippen molar-refractivity contribution in [2.24, 2.45) is 17.8 Å². The Kier molecular flexibility index (Phi) is 11.2. The van der Waals surface area contributed by atoms with E-state index in [1.807, 2.05) is 0 Å². The van der Waals surface area contributed by atoms with Crippen molar-refractivity contribution in [3.05, 3.63) is 35.4 Å². The Bertz CT molecular complexity index is 700. The number of halogens is 3. The molecule has 2 aliphatic rings. The maximum Gasteiger partial charge on any atom is 0.416 e. The topological polar surface area (TPSA) is 49.8 Å². The Morgan fingerprint density at radius 2 is 1.73 bits per heavy atom. The zero-order chi connectivity index (χ0) is 24.4. The third kappa shape index (κ3) is 9.65. The molecule has 188 valence electrons. The number of carboxylic acids is 1. The van der Waals surface area contributed by atoms with E-state index in [9.17, 15) is 18.0 Å². The van der Waals surface area contributed by atoms with Gasteiger partial charge >= 0.3 is 12.1 Å². The molecule has 0 aliphatic carbocycles. The van der Waals surface area contributed by atoms with Gasteiger partial charge in [-0.05, 0) is 80.6 Å². The van der Waals surface area contributed by atoms with E-state index in [1.165, 1.54) is 6.42 Å². The number of ether oxygens (including phenoxy) is 1. The lowest BCUT2D eigenvalue weighted by molar-refractivity contribution is -0.139. The van der Waals surface area contributed by atoms with Gasteiger partial charge in [0, 0.05) is 25.7 Å². The number of carboxylic acid groups (broad SMARTS) is 1. The quantitative estimate of drug-likeness (QED) is 0.475. The Morgan fingerprint density at radius 3 is 2.24 bits per heavy atom. The van der Waals surface area contributed by atoms with Gasteiger partial charge < -0.3 is 9.84 Å². The molecule has 2 heterocycles. The van der Waals surface area contributed by atoms with Crippen LogP contribution in [0, 0.1) is 17.8 Å². The lowest BCUT2D eigenvalue weighted by Crippen LogP contribution is -2.39. The van der Waals surface area contributed by atoms with E-state index in [2.05, 4.69) is 25.7 Å². The molecule has 0 saturated carbocycles. The van der Waals surface area contributed by atoms with Gasteiger partial charge in [-0.2, -0.15) is 13.2 Å². The Morgan fingerprint density at radius 1 is 1.12 bits per heavy atom. The first-order valence-electron chi connectivity index (χ1n) is 12.3. The summed E-state index contributed by atoms with van der Waals surface area (Å²) in [5.74, 6) is 0.754.